The molecule has 0 spiro atoms. The molecular weight excluding hydrogens is 420 g/mol. The van der Waals surface area contributed by atoms with E-state index in [1.54, 1.807) is 0 Å². The van der Waals surface area contributed by atoms with Crippen molar-refractivity contribution < 1.29 is 31.9 Å². The van der Waals surface area contributed by atoms with Gasteiger partial charge in [0.1, 0.15) is 17.1 Å². The second-order valence-electron chi connectivity index (χ2n) is 8.46. The van der Waals surface area contributed by atoms with Crippen molar-refractivity contribution in [3.05, 3.63) is 24.0 Å². The van der Waals surface area contributed by atoms with Crippen molar-refractivity contribution in [2.75, 3.05) is 38.6 Å². The molecule has 170 valence electrons. The van der Waals surface area contributed by atoms with Crippen LogP contribution < -0.4 is 15.4 Å². The Morgan fingerprint density at radius 2 is 1.71 bits per heavy atom. The Kier molecular flexibility index (Phi) is 5.59. The van der Waals surface area contributed by atoms with E-state index in [0.717, 1.165) is 6.42 Å². The third-order valence-electron chi connectivity index (χ3n) is 6.22. The van der Waals surface area contributed by atoms with Gasteiger partial charge in [0, 0.05) is 43.0 Å². The summed E-state index contributed by atoms with van der Waals surface area (Å²) in [6, 6.07) is 3.98. The molecule has 31 heavy (non-hydrogen) atoms. The number of methoxy groups -OCH3 is 1. The summed E-state index contributed by atoms with van der Waals surface area (Å²) in [6.07, 6.45) is -3.83. The van der Waals surface area contributed by atoms with Gasteiger partial charge < -0.3 is 15.4 Å². The molecule has 3 aliphatic rings. The molecule has 2 aliphatic heterocycles. The number of ether oxygens (including phenoxy) is 1. The summed E-state index contributed by atoms with van der Waals surface area (Å²) in [7, 11) is 1.40. The van der Waals surface area contributed by atoms with Crippen LogP contribution in [0.15, 0.2) is 18.2 Å². The summed E-state index contributed by atoms with van der Waals surface area (Å²) in [5.74, 6) is -1.15. The molecule has 2 bridgehead atoms. The zero-order valence-corrected chi connectivity index (χ0v) is 17.0. The van der Waals surface area contributed by atoms with Gasteiger partial charge in [0.25, 0.3) is 0 Å². The van der Waals surface area contributed by atoms with Gasteiger partial charge in [0.15, 0.2) is 0 Å². The van der Waals surface area contributed by atoms with Gasteiger partial charge in [-0.3, -0.25) is 19.4 Å². The van der Waals surface area contributed by atoms with Crippen molar-refractivity contribution in [2.24, 2.45) is 0 Å². The number of carbonyl (C=O) groups excluding carboxylic acids is 2. The predicted molar refractivity (Wildman–Crippen MR) is 103 cm³/mol. The first-order chi connectivity index (χ1) is 14.6. The van der Waals surface area contributed by atoms with Crippen LogP contribution >= 0.6 is 0 Å². The maximum absolute atomic E-state index is 13.6. The highest BCUT2D eigenvalue weighted by Gasteiger charge is 2.64. The molecular formula is C20H24F4N4O3. The number of alkyl halides is 3. The van der Waals surface area contributed by atoms with Crippen LogP contribution in [0.2, 0.25) is 0 Å². The average molecular weight is 444 g/mol. The maximum atomic E-state index is 13.6. The fraction of sp³-hybridized carbons (Fsp3) is 0.600. The SMILES string of the molecule is COc1cc(F)cc(NC(=O)CN2C[C@@H]3C[C@H]2CN3CC(=O)NC2(C(F)(F)F)CC2)c1. The van der Waals surface area contributed by atoms with Crippen LogP contribution in [0.25, 0.3) is 0 Å². The second-order valence-corrected chi connectivity index (χ2v) is 8.46. The van der Waals surface area contributed by atoms with E-state index in [1.807, 2.05) is 9.80 Å². The van der Waals surface area contributed by atoms with Gasteiger partial charge >= 0.3 is 6.18 Å². The lowest BCUT2D eigenvalue weighted by atomic mass is 10.2. The first kappa shape index (κ1) is 21.8. The van der Waals surface area contributed by atoms with E-state index in [9.17, 15) is 27.2 Å². The Hall–Kier alpha value is -2.40. The van der Waals surface area contributed by atoms with Crippen molar-refractivity contribution >= 4 is 17.5 Å². The van der Waals surface area contributed by atoms with Gasteiger partial charge in [0.05, 0.1) is 20.2 Å². The van der Waals surface area contributed by atoms with Crippen LogP contribution in [0.1, 0.15) is 19.3 Å². The normalized spacial score (nSPS) is 24.8. The van der Waals surface area contributed by atoms with Crippen LogP contribution in [0.3, 0.4) is 0 Å². The lowest BCUT2D eigenvalue weighted by Crippen LogP contribution is -2.54. The highest BCUT2D eigenvalue weighted by atomic mass is 19.4. The molecule has 1 aliphatic carbocycles. The summed E-state index contributed by atoms with van der Waals surface area (Å²) in [4.78, 5) is 28.4. The van der Waals surface area contributed by atoms with E-state index >= 15 is 0 Å². The smallest absolute Gasteiger partial charge is 0.411 e. The van der Waals surface area contributed by atoms with Gasteiger partial charge in [-0.05, 0) is 25.3 Å². The number of hydrogen-bond acceptors (Lipinski definition) is 5. The van der Waals surface area contributed by atoms with E-state index in [-0.39, 0.29) is 43.9 Å². The number of piperazine rings is 1. The molecule has 1 saturated carbocycles. The largest absolute Gasteiger partial charge is 0.497 e. The van der Waals surface area contributed by atoms with E-state index in [2.05, 4.69) is 10.6 Å². The molecule has 0 radical (unpaired) electrons. The van der Waals surface area contributed by atoms with E-state index < -0.39 is 23.4 Å². The van der Waals surface area contributed by atoms with Crippen LogP contribution in [0, 0.1) is 5.82 Å². The van der Waals surface area contributed by atoms with Gasteiger partial charge in [-0.15, -0.1) is 0 Å². The molecule has 0 aromatic heterocycles. The summed E-state index contributed by atoms with van der Waals surface area (Å²) in [5, 5.41) is 4.80. The fourth-order valence-electron chi connectivity index (χ4n) is 4.45. The number of nitrogens with one attached hydrogen (secondary N) is 2. The number of halogens is 4. The lowest BCUT2D eigenvalue weighted by Gasteiger charge is -2.33. The lowest BCUT2D eigenvalue weighted by molar-refractivity contribution is -0.170. The molecule has 7 nitrogen and oxygen atoms in total. The Morgan fingerprint density at radius 1 is 1.10 bits per heavy atom. The third-order valence-corrected chi connectivity index (χ3v) is 6.22. The minimum atomic E-state index is -4.43. The van der Waals surface area contributed by atoms with Crippen molar-refractivity contribution in [3.8, 4) is 5.75 Å². The molecule has 1 aromatic rings. The van der Waals surface area contributed by atoms with Crippen LogP contribution in [-0.4, -0.2) is 78.7 Å². The molecule has 4 rings (SSSR count). The van der Waals surface area contributed by atoms with Crippen molar-refractivity contribution in [2.45, 2.75) is 43.1 Å². The van der Waals surface area contributed by atoms with Crippen molar-refractivity contribution in [1.29, 1.82) is 0 Å². The van der Waals surface area contributed by atoms with Gasteiger partial charge in [-0.25, -0.2) is 4.39 Å². The molecule has 2 N–H and O–H groups in total. The molecule has 2 saturated heterocycles. The topological polar surface area (TPSA) is 73.9 Å². The molecule has 0 unspecified atom stereocenters. The van der Waals surface area contributed by atoms with Crippen molar-refractivity contribution in [1.82, 2.24) is 15.1 Å². The molecule has 2 amide bonds. The summed E-state index contributed by atoms with van der Waals surface area (Å²) in [5.41, 5.74) is -1.75. The number of rotatable bonds is 7. The first-order valence-electron chi connectivity index (χ1n) is 10.1. The second kappa shape index (κ2) is 7.94. The highest BCUT2D eigenvalue weighted by Crippen LogP contribution is 2.48. The quantitative estimate of drug-likeness (QED) is 0.627. The summed E-state index contributed by atoms with van der Waals surface area (Å²) >= 11 is 0. The number of hydrogen-bond donors (Lipinski definition) is 2. The molecule has 2 heterocycles. The third kappa shape index (κ3) is 4.62. The number of nitrogens with zero attached hydrogens (tertiary/aromatic N) is 2. The first-order valence-corrected chi connectivity index (χ1v) is 10.1. The zero-order valence-electron chi connectivity index (χ0n) is 17.0. The summed E-state index contributed by atoms with van der Waals surface area (Å²) < 4.78 is 57.6. The number of benzene rings is 1. The fourth-order valence-corrected chi connectivity index (χ4v) is 4.45. The number of carbonyl (C=O) groups is 2. The van der Waals surface area contributed by atoms with E-state index in [1.165, 1.54) is 25.3 Å². The Bertz CT molecular complexity index is 874. The standard InChI is InChI=1S/C20H24F4N4O3/c1-31-16-5-12(21)4-13(6-16)25-17(29)10-27-8-15-7-14(27)9-28(15)11-18(30)26-19(2-3-19)20(22,23)24/h4-6,14-15H,2-3,7-11H2,1H3,(H,25,29)(H,26,30)/t14-,15-/m0/s1. The number of amides is 2. The molecule has 1 aromatic carbocycles. The Balaban J connectivity index is 1.25. The van der Waals surface area contributed by atoms with Gasteiger partial charge in [-0.1, -0.05) is 0 Å². The Labute approximate surface area is 176 Å². The van der Waals surface area contributed by atoms with Gasteiger partial charge in [0.2, 0.25) is 11.8 Å². The minimum Gasteiger partial charge on any atom is -0.497 e. The van der Waals surface area contributed by atoms with E-state index in [4.69, 9.17) is 4.74 Å². The summed E-state index contributed by atoms with van der Waals surface area (Å²) in [6.45, 7) is 1.08. The minimum absolute atomic E-state index is 0.0128. The maximum Gasteiger partial charge on any atom is 0.411 e. The zero-order chi connectivity index (χ0) is 22.4. The van der Waals surface area contributed by atoms with Crippen LogP contribution in [0.4, 0.5) is 23.2 Å². The number of likely N-dealkylation sites (tertiary alicyclic amines) is 2. The van der Waals surface area contributed by atoms with Crippen LogP contribution in [0.5, 0.6) is 5.75 Å². The molecule has 2 atom stereocenters. The van der Waals surface area contributed by atoms with Gasteiger partial charge in [-0.2, -0.15) is 13.2 Å². The van der Waals surface area contributed by atoms with Crippen molar-refractivity contribution in [3.63, 3.8) is 0 Å². The highest BCUT2D eigenvalue weighted by molar-refractivity contribution is 5.92. The number of anilines is 1. The monoisotopic (exact) mass is 444 g/mol. The molecule has 11 heteroatoms. The van der Waals surface area contributed by atoms with Crippen LogP contribution in [-0.2, 0) is 9.59 Å². The Morgan fingerprint density at radius 3 is 2.23 bits per heavy atom. The average Bonchev–Trinajstić information content (AvgIpc) is 3.22. The number of fused-ring (bicyclic) bond motifs is 2. The predicted octanol–water partition coefficient (Wildman–Crippen LogP) is 1.74. The van der Waals surface area contributed by atoms with E-state index in [0.29, 0.717) is 24.5 Å². The molecule has 3 fully saturated rings.